The van der Waals surface area contributed by atoms with Crippen LogP contribution in [0.15, 0.2) is 42.5 Å². The van der Waals surface area contributed by atoms with E-state index < -0.39 is 23.7 Å². The lowest BCUT2D eigenvalue weighted by Crippen LogP contribution is -2.43. The van der Waals surface area contributed by atoms with Crippen molar-refractivity contribution in [1.29, 1.82) is 0 Å². The summed E-state index contributed by atoms with van der Waals surface area (Å²) in [4.78, 5) is 38.0. The maximum Gasteiger partial charge on any atom is 0.328 e. The summed E-state index contributed by atoms with van der Waals surface area (Å²) < 4.78 is 4.98. The van der Waals surface area contributed by atoms with Gasteiger partial charge in [-0.3, -0.25) is 14.5 Å². The molecular weight excluding hydrogens is 318 g/mol. The molecule has 0 bridgehead atoms. The Bertz CT molecular complexity index is 872. The fourth-order valence-electron chi connectivity index (χ4n) is 3.02. The Labute approximate surface area is 146 Å². The van der Waals surface area contributed by atoms with Gasteiger partial charge >= 0.3 is 5.97 Å². The van der Waals surface area contributed by atoms with Gasteiger partial charge < -0.3 is 4.74 Å². The molecule has 1 aliphatic heterocycles. The summed E-state index contributed by atoms with van der Waals surface area (Å²) in [6, 6.07) is 12.3. The van der Waals surface area contributed by atoms with Gasteiger partial charge in [-0.15, -0.1) is 0 Å². The van der Waals surface area contributed by atoms with E-state index in [1.807, 2.05) is 37.3 Å². The highest BCUT2D eigenvalue weighted by Gasteiger charge is 2.41. The number of ketones is 1. The Kier molecular flexibility index (Phi) is 4.40. The van der Waals surface area contributed by atoms with Gasteiger partial charge in [-0.2, -0.15) is 0 Å². The summed E-state index contributed by atoms with van der Waals surface area (Å²) in [6.45, 7) is 5.48. The summed E-state index contributed by atoms with van der Waals surface area (Å²) in [5.41, 5.74) is 3.71. The number of hydrogen-bond donors (Lipinski definition) is 0. The molecule has 0 aliphatic carbocycles. The van der Waals surface area contributed by atoms with Crippen LogP contribution in [0, 0.1) is 6.92 Å². The van der Waals surface area contributed by atoms with E-state index in [0.29, 0.717) is 11.3 Å². The molecule has 1 heterocycles. The average Bonchev–Trinajstić information content (AvgIpc) is 2.85. The number of nitrogens with zero attached hydrogens (tertiary/aromatic N) is 1. The second-order valence-electron chi connectivity index (χ2n) is 6.03. The zero-order valence-electron chi connectivity index (χ0n) is 14.4. The van der Waals surface area contributed by atoms with Gasteiger partial charge in [0.2, 0.25) is 0 Å². The Balaban J connectivity index is 2.02. The first kappa shape index (κ1) is 16.9. The minimum absolute atomic E-state index is 0.221. The van der Waals surface area contributed by atoms with Crippen LogP contribution in [0.25, 0.3) is 11.1 Å². The highest BCUT2D eigenvalue weighted by Crippen LogP contribution is 2.34. The number of Topliss-reactive ketones (excluding diaryl/α,β-unsaturated/α-hetero) is 1. The molecule has 0 spiro atoms. The molecule has 5 heteroatoms. The lowest BCUT2D eigenvalue weighted by Gasteiger charge is -2.22. The van der Waals surface area contributed by atoms with Crippen LogP contribution in [0.1, 0.15) is 29.8 Å². The number of amides is 1. The molecule has 3 rings (SSSR count). The highest BCUT2D eigenvalue weighted by molar-refractivity contribution is 6.52. The van der Waals surface area contributed by atoms with Gasteiger partial charge in [-0.05, 0) is 44.0 Å². The number of anilines is 1. The minimum Gasteiger partial charge on any atom is -0.464 e. The van der Waals surface area contributed by atoms with E-state index in [0.717, 1.165) is 16.7 Å². The summed E-state index contributed by atoms with van der Waals surface area (Å²) >= 11 is 0. The first-order valence-corrected chi connectivity index (χ1v) is 8.19. The van der Waals surface area contributed by atoms with Gasteiger partial charge in [0.25, 0.3) is 11.7 Å². The molecule has 128 valence electrons. The number of benzene rings is 2. The van der Waals surface area contributed by atoms with Crippen molar-refractivity contribution in [3.05, 3.63) is 53.6 Å². The first-order chi connectivity index (χ1) is 11.9. The van der Waals surface area contributed by atoms with E-state index >= 15 is 0 Å². The second-order valence-corrected chi connectivity index (χ2v) is 6.03. The number of aryl methyl sites for hydroxylation is 1. The van der Waals surface area contributed by atoms with Crippen molar-refractivity contribution in [3.63, 3.8) is 0 Å². The van der Waals surface area contributed by atoms with E-state index in [1.165, 1.54) is 4.90 Å². The number of rotatable bonds is 4. The quantitative estimate of drug-likeness (QED) is 0.635. The van der Waals surface area contributed by atoms with Crippen LogP contribution >= 0.6 is 0 Å². The Hall–Kier alpha value is -2.95. The van der Waals surface area contributed by atoms with E-state index in [-0.39, 0.29) is 6.61 Å². The second kappa shape index (κ2) is 6.51. The van der Waals surface area contributed by atoms with Crippen LogP contribution in [0.2, 0.25) is 0 Å². The molecule has 0 aromatic heterocycles. The summed E-state index contributed by atoms with van der Waals surface area (Å²) in [7, 11) is 0. The van der Waals surface area contributed by atoms with Gasteiger partial charge in [0.05, 0.1) is 17.9 Å². The fourth-order valence-corrected chi connectivity index (χ4v) is 3.02. The SMILES string of the molecule is CCOC(=O)[C@@H](C)N1C(=O)C(=O)c2cc(-c3cccc(C)c3)ccc21. The van der Waals surface area contributed by atoms with Crippen molar-refractivity contribution in [1.82, 2.24) is 0 Å². The van der Waals surface area contributed by atoms with Gasteiger partial charge in [0, 0.05) is 0 Å². The number of ether oxygens (including phenoxy) is 1. The molecule has 5 nitrogen and oxygen atoms in total. The predicted octanol–water partition coefficient (Wildman–Crippen LogP) is 3.14. The molecule has 25 heavy (non-hydrogen) atoms. The van der Waals surface area contributed by atoms with E-state index in [2.05, 4.69) is 0 Å². The predicted molar refractivity (Wildman–Crippen MR) is 94.5 cm³/mol. The van der Waals surface area contributed by atoms with Crippen molar-refractivity contribution in [3.8, 4) is 11.1 Å². The number of esters is 1. The van der Waals surface area contributed by atoms with Crippen molar-refractivity contribution >= 4 is 23.3 Å². The third-order valence-electron chi connectivity index (χ3n) is 4.28. The normalized spacial score (nSPS) is 14.4. The number of fused-ring (bicyclic) bond motifs is 1. The molecule has 2 aromatic rings. The van der Waals surface area contributed by atoms with Gasteiger partial charge in [-0.1, -0.05) is 35.9 Å². The zero-order valence-corrected chi connectivity index (χ0v) is 14.4. The monoisotopic (exact) mass is 337 g/mol. The molecule has 1 amide bonds. The van der Waals surface area contributed by atoms with E-state index in [1.54, 1.807) is 26.0 Å². The standard InChI is InChI=1S/C20H19NO4/c1-4-25-20(24)13(3)21-17-9-8-15(11-16(17)18(22)19(21)23)14-7-5-6-12(2)10-14/h5-11,13H,4H2,1-3H3/t13-/m1/s1. The zero-order chi connectivity index (χ0) is 18.1. The molecule has 0 saturated carbocycles. The molecule has 2 aromatic carbocycles. The minimum atomic E-state index is -0.845. The summed E-state index contributed by atoms with van der Waals surface area (Å²) in [5, 5.41) is 0. The van der Waals surface area contributed by atoms with Crippen LogP contribution < -0.4 is 4.90 Å². The number of carbonyl (C=O) groups is 3. The van der Waals surface area contributed by atoms with Crippen molar-refractivity contribution < 1.29 is 19.1 Å². The van der Waals surface area contributed by atoms with Crippen LogP contribution in [0.4, 0.5) is 5.69 Å². The fraction of sp³-hybridized carbons (Fsp3) is 0.250. The van der Waals surface area contributed by atoms with Crippen molar-refractivity contribution in [2.45, 2.75) is 26.8 Å². The number of carbonyl (C=O) groups excluding carboxylic acids is 3. The summed E-state index contributed by atoms with van der Waals surface area (Å²) in [5.74, 6) is -1.82. The van der Waals surface area contributed by atoms with Crippen LogP contribution in [0.3, 0.4) is 0 Å². The topological polar surface area (TPSA) is 63.7 Å². The number of hydrogen-bond acceptors (Lipinski definition) is 4. The Morgan fingerprint density at radius 3 is 2.52 bits per heavy atom. The largest absolute Gasteiger partial charge is 0.464 e. The van der Waals surface area contributed by atoms with Crippen molar-refractivity contribution in [2.24, 2.45) is 0 Å². The third kappa shape index (κ3) is 2.93. The molecule has 1 aliphatic rings. The van der Waals surface area contributed by atoms with Crippen LogP contribution in [-0.2, 0) is 14.3 Å². The molecule has 0 fully saturated rings. The van der Waals surface area contributed by atoms with Gasteiger partial charge in [0.15, 0.2) is 0 Å². The summed E-state index contributed by atoms with van der Waals surface area (Å²) in [6.07, 6.45) is 0. The highest BCUT2D eigenvalue weighted by atomic mass is 16.5. The smallest absolute Gasteiger partial charge is 0.328 e. The van der Waals surface area contributed by atoms with E-state index in [9.17, 15) is 14.4 Å². The maximum atomic E-state index is 12.4. The average molecular weight is 337 g/mol. The van der Waals surface area contributed by atoms with Crippen LogP contribution in [0.5, 0.6) is 0 Å². The first-order valence-electron chi connectivity index (χ1n) is 8.19. The van der Waals surface area contributed by atoms with Gasteiger partial charge in [-0.25, -0.2) is 4.79 Å². The van der Waals surface area contributed by atoms with Gasteiger partial charge in [0.1, 0.15) is 6.04 Å². The molecule has 0 radical (unpaired) electrons. The molecule has 0 saturated heterocycles. The molecular formula is C20H19NO4. The molecule has 0 N–H and O–H groups in total. The van der Waals surface area contributed by atoms with E-state index in [4.69, 9.17) is 4.74 Å². The molecule has 1 atom stereocenters. The molecule has 0 unspecified atom stereocenters. The Morgan fingerprint density at radius 2 is 1.84 bits per heavy atom. The lowest BCUT2D eigenvalue weighted by atomic mass is 10.00. The Morgan fingerprint density at radius 1 is 1.12 bits per heavy atom. The van der Waals surface area contributed by atoms with Crippen molar-refractivity contribution in [2.75, 3.05) is 11.5 Å². The third-order valence-corrected chi connectivity index (χ3v) is 4.28. The maximum absolute atomic E-state index is 12.4. The van der Waals surface area contributed by atoms with Crippen LogP contribution in [-0.4, -0.2) is 30.3 Å². The lowest BCUT2D eigenvalue weighted by molar-refractivity contribution is -0.145.